The fraction of sp³-hybridized carbons (Fsp3) is 0.462. The van der Waals surface area contributed by atoms with Gasteiger partial charge in [0.25, 0.3) is 0 Å². The summed E-state index contributed by atoms with van der Waals surface area (Å²) in [7, 11) is 0. The minimum absolute atomic E-state index is 0.0184. The third-order valence-corrected chi connectivity index (χ3v) is 4.53. The van der Waals surface area contributed by atoms with Gasteiger partial charge in [0.15, 0.2) is 0 Å². The van der Waals surface area contributed by atoms with Crippen LogP contribution in [0.3, 0.4) is 0 Å². The van der Waals surface area contributed by atoms with E-state index in [0.29, 0.717) is 0 Å². The highest BCUT2D eigenvalue weighted by molar-refractivity contribution is 7.08. The van der Waals surface area contributed by atoms with E-state index in [4.69, 9.17) is 17.3 Å². The van der Waals surface area contributed by atoms with Crippen LogP contribution in [0, 0.1) is 13.8 Å². The van der Waals surface area contributed by atoms with Gasteiger partial charge in [0.1, 0.15) is 0 Å². The van der Waals surface area contributed by atoms with Gasteiger partial charge in [0.05, 0.1) is 16.4 Å². The van der Waals surface area contributed by atoms with Crippen LogP contribution < -0.4 is 5.73 Å². The van der Waals surface area contributed by atoms with Crippen LogP contribution >= 0.6 is 22.9 Å². The zero-order valence-electron chi connectivity index (χ0n) is 10.9. The van der Waals surface area contributed by atoms with Crippen molar-refractivity contribution in [3.05, 3.63) is 38.3 Å². The van der Waals surface area contributed by atoms with Crippen molar-refractivity contribution in [1.82, 2.24) is 9.78 Å². The first kappa shape index (κ1) is 13.6. The molecule has 5 heteroatoms. The molecule has 0 saturated carbocycles. The average molecular weight is 284 g/mol. The van der Waals surface area contributed by atoms with Gasteiger partial charge in [0.2, 0.25) is 0 Å². The summed E-state index contributed by atoms with van der Waals surface area (Å²) in [6.07, 6.45) is 0.727. The molecule has 1 atom stereocenters. The summed E-state index contributed by atoms with van der Waals surface area (Å²) >= 11 is 7.99. The van der Waals surface area contributed by atoms with E-state index in [2.05, 4.69) is 29.7 Å². The maximum absolute atomic E-state index is 6.30. The van der Waals surface area contributed by atoms with Gasteiger partial charge in [-0.05, 0) is 42.7 Å². The second kappa shape index (κ2) is 5.43. The summed E-state index contributed by atoms with van der Waals surface area (Å²) in [5.74, 6) is 0. The fourth-order valence-electron chi connectivity index (χ4n) is 2.13. The van der Waals surface area contributed by atoms with Gasteiger partial charge >= 0.3 is 0 Å². The first-order valence-electron chi connectivity index (χ1n) is 6.04. The second-order valence-electron chi connectivity index (χ2n) is 4.48. The Bertz CT molecular complexity index is 544. The Hall–Kier alpha value is -0.840. The van der Waals surface area contributed by atoms with Crippen molar-refractivity contribution in [2.24, 2.45) is 5.73 Å². The molecule has 0 aliphatic rings. The summed E-state index contributed by atoms with van der Waals surface area (Å²) in [5, 5.41) is 9.41. The van der Waals surface area contributed by atoms with Crippen LogP contribution in [0.5, 0.6) is 0 Å². The van der Waals surface area contributed by atoms with Crippen LogP contribution in [0.1, 0.15) is 35.5 Å². The maximum atomic E-state index is 6.30. The molecular formula is C13H18ClN3S. The highest BCUT2D eigenvalue weighted by Crippen LogP contribution is 2.27. The topological polar surface area (TPSA) is 43.8 Å². The van der Waals surface area contributed by atoms with E-state index in [1.807, 2.05) is 11.6 Å². The van der Waals surface area contributed by atoms with Crippen LogP contribution in [0.25, 0.3) is 0 Å². The van der Waals surface area contributed by atoms with E-state index in [-0.39, 0.29) is 6.04 Å². The molecule has 3 nitrogen and oxygen atoms in total. The maximum Gasteiger partial charge on any atom is 0.0847 e. The number of nitrogens with two attached hydrogens (primary N) is 1. The summed E-state index contributed by atoms with van der Waals surface area (Å²) < 4.78 is 1.94. The summed E-state index contributed by atoms with van der Waals surface area (Å²) in [4.78, 5) is 0. The van der Waals surface area contributed by atoms with Crippen molar-refractivity contribution >= 4 is 22.9 Å². The molecule has 0 amide bonds. The van der Waals surface area contributed by atoms with Gasteiger partial charge in [-0.15, -0.1) is 0 Å². The van der Waals surface area contributed by atoms with Crippen molar-refractivity contribution in [2.45, 2.75) is 39.8 Å². The number of halogens is 1. The predicted octanol–water partition coefficient (Wildman–Crippen LogP) is 3.48. The Morgan fingerprint density at radius 2 is 2.17 bits per heavy atom. The third-order valence-electron chi connectivity index (χ3n) is 3.16. The first-order chi connectivity index (χ1) is 8.54. The Morgan fingerprint density at radius 1 is 1.44 bits per heavy atom. The zero-order valence-corrected chi connectivity index (χ0v) is 12.5. The van der Waals surface area contributed by atoms with Gasteiger partial charge in [-0.25, -0.2) is 0 Å². The number of thiophene rings is 1. The van der Waals surface area contributed by atoms with Crippen molar-refractivity contribution in [1.29, 1.82) is 0 Å². The van der Waals surface area contributed by atoms with Crippen LogP contribution in [0.15, 0.2) is 10.8 Å². The predicted molar refractivity (Wildman–Crippen MR) is 77.3 cm³/mol. The van der Waals surface area contributed by atoms with E-state index in [9.17, 15) is 0 Å². The minimum Gasteiger partial charge on any atom is -0.324 e. The molecule has 2 N–H and O–H groups in total. The molecular weight excluding hydrogens is 266 g/mol. The Balaban J connectivity index is 2.27. The molecule has 0 aliphatic heterocycles. The lowest BCUT2D eigenvalue weighted by Crippen LogP contribution is -2.16. The highest BCUT2D eigenvalue weighted by atomic mass is 35.5. The zero-order chi connectivity index (χ0) is 13.3. The van der Waals surface area contributed by atoms with Gasteiger partial charge in [0, 0.05) is 19.0 Å². The van der Waals surface area contributed by atoms with Crippen LogP contribution in [-0.4, -0.2) is 9.78 Å². The molecule has 0 saturated heterocycles. The van der Waals surface area contributed by atoms with Crippen LogP contribution in [0.4, 0.5) is 0 Å². The number of rotatable bonds is 4. The minimum atomic E-state index is -0.0184. The van der Waals surface area contributed by atoms with Gasteiger partial charge < -0.3 is 5.73 Å². The normalized spacial score (nSPS) is 12.9. The van der Waals surface area contributed by atoms with Crippen LogP contribution in [-0.2, 0) is 13.0 Å². The Morgan fingerprint density at radius 3 is 2.72 bits per heavy atom. The van der Waals surface area contributed by atoms with Gasteiger partial charge in [-0.1, -0.05) is 11.6 Å². The quantitative estimate of drug-likeness (QED) is 0.934. The van der Waals surface area contributed by atoms with Crippen molar-refractivity contribution in [2.75, 3.05) is 0 Å². The lowest BCUT2D eigenvalue weighted by Gasteiger charge is -2.13. The number of aromatic nitrogens is 2. The standard InChI is InChI=1S/C13H18ClN3S/c1-4-17-12(13(14)9(3)16-17)5-11(15)10-7-18-6-8(10)2/h6-7,11H,4-5,15H2,1-3H3. The molecule has 0 aromatic carbocycles. The summed E-state index contributed by atoms with van der Waals surface area (Å²) in [5.41, 5.74) is 10.7. The van der Waals surface area contributed by atoms with Gasteiger partial charge in [-0.2, -0.15) is 16.4 Å². The average Bonchev–Trinajstić information content (AvgIpc) is 2.87. The van der Waals surface area contributed by atoms with Crippen molar-refractivity contribution in [3.63, 3.8) is 0 Å². The first-order valence-corrected chi connectivity index (χ1v) is 7.36. The van der Waals surface area contributed by atoms with E-state index in [0.717, 1.165) is 29.4 Å². The molecule has 2 aromatic rings. The molecule has 2 rings (SSSR count). The van der Waals surface area contributed by atoms with Crippen molar-refractivity contribution in [3.8, 4) is 0 Å². The molecule has 0 radical (unpaired) electrons. The molecule has 0 bridgehead atoms. The van der Waals surface area contributed by atoms with E-state index >= 15 is 0 Å². The lowest BCUT2D eigenvalue weighted by molar-refractivity contribution is 0.587. The summed E-state index contributed by atoms with van der Waals surface area (Å²) in [6.45, 7) is 6.90. The second-order valence-corrected chi connectivity index (χ2v) is 5.60. The lowest BCUT2D eigenvalue weighted by atomic mass is 10.0. The van der Waals surface area contributed by atoms with E-state index in [1.54, 1.807) is 11.3 Å². The van der Waals surface area contributed by atoms with Crippen LogP contribution in [0.2, 0.25) is 5.02 Å². The number of nitrogens with zero attached hydrogens (tertiary/aromatic N) is 2. The molecule has 0 spiro atoms. The molecule has 2 aromatic heterocycles. The Kier molecular flexibility index (Phi) is 4.10. The largest absolute Gasteiger partial charge is 0.324 e. The van der Waals surface area contributed by atoms with Crippen molar-refractivity contribution < 1.29 is 0 Å². The Labute approximate surface area is 117 Å². The number of hydrogen-bond acceptors (Lipinski definition) is 3. The monoisotopic (exact) mass is 283 g/mol. The molecule has 2 heterocycles. The van der Waals surface area contributed by atoms with E-state index < -0.39 is 0 Å². The number of hydrogen-bond donors (Lipinski definition) is 1. The molecule has 0 fully saturated rings. The van der Waals surface area contributed by atoms with Gasteiger partial charge in [-0.3, -0.25) is 4.68 Å². The molecule has 0 aliphatic carbocycles. The smallest absolute Gasteiger partial charge is 0.0847 e. The number of aryl methyl sites for hydroxylation is 3. The SMILES string of the molecule is CCn1nc(C)c(Cl)c1CC(N)c1cscc1C. The highest BCUT2D eigenvalue weighted by Gasteiger charge is 2.18. The van der Waals surface area contributed by atoms with E-state index in [1.165, 1.54) is 11.1 Å². The molecule has 1 unspecified atom stereocenters. The third kappa shape index (κ3) is 2.46. The molecule has 98 valence electrons. The fourth-order valence-corrected chi connectivity index (χ4v) is 3.26. The molecule has 18 heavy (non-hydrogen) atoms. The summed E-state index contributed by atoms with van der Waals surface area (Å²) in [6, 6.07) is -0.0184.